The van der Waals surface area contributed by atoms with Crippen LogP contribution in [-0.4, -0.2) is 53.3 Å². The van der Waals surface area contributed by atoms with Crippen LogP contribution in [0.3, 0.4) is 0 Å². The number of benzene rings is 4. The number of phenolic OH excluding ortho intramolecular Hbond substituents is 2. The Kier molecular flexibility index (Phi) is 11.3. The number of carbonyl (C=O) groups excluding carboxylic acids is 2. The molecular formula is C39H32Cl2F2N2O8. The molecule has 0 spiro atoms. The number of aromatic hydroxyl groups is 2. The van der Waals surface area contributed by atoms with Gasteiger partial charge >= 0.3 is 11.9 Å². The molecule has 0 bridgehead atoms. The molecule has 1 unspecified atom stereocenters. The van der Waals surface area contributed by atoms with Crippen molar-refractivity contribution in [1.29, 1.82) is 0 Å². The van der Waals surface area contributed by atoms with E-state index in [1.54, 1.807) is 19.9 Å². The predicted molar refractivity (Wildman–Crippen MR) is 196 cm³/mol. The number of phenols is 2. The van der Waals surface area contributed by atoms with E-state index in [2.05, 4.69) is 0 Å². The minimum Gasteiger partial charge on any atom is -0.508 e. The van der Waals surface area contributed by atoms with Gasteiger partial charge in [-0.1, -0.05) is 36.5 Å². The maximum Gasteiger partial charge on any atom is 0.311 e. The summed E-state index contributed by atoms with van der Waals surface area (Å²) in [4.78, 5) is 49.0. The molecule has 0 aliphatic rings. The van der Waals surface area contributed by atoms with Crippen LogP contribution >= 0.6 is 23.2 Å². The second-order valence-corrected chi connectivity index (χ2v) is 13.1. The summed E-state index contributed by atoms with van der Waals surface area (Å²) in [5.74, 6) is -5.41. The predicted octanol–water partition coefficient (Wildman–Crippen LogP) is 8.87. The summed E-state index contributed by atoms with van der Waals surface area (Å²) in [5.41, 5.74) is 2.81. The average molecular weight is 766 g/mol. The third-order valence-electron chi connectivity index (χ3n) is 8.85. The first-order valence-corrected chi connectivity index (χ1v) is 16.9. The third-order valence-corrected chi connectivity index (χ3v) is 9.46. The lowest BCUT2D eigenvalue weighted by atomic mass is 9.92. The van der Waals surface area contributed by atoms with Crippen LogP contribution < -0.4 is 0 Å². The molecule has 6 aromatic rings. The van der Waals surface area contributed by atoms with Crippen LogP contribution in [0, 0.1) is 25.5 Å². The number of fused-ring (bicyclic) bond motifs is 2. The minimum atomic E-state index is -1.06. The second kappa shape index (κ2) is 15.5. The van der Waals surface area contributed by atoms with Crippen LogP contribution in [0.1, 0.15) is 68.9 Å². The number of aromatic nitrogens is 2. The van der Waals surface area contributed by atoms with Crippen LogP contribution in [0.15, 0.2) is 72.8 Å². The van der Waals surface area contributed by atoms with Crippen molar-refractivity contribution in [2.45, 2.75) is 46.0 Å². The van der Waals surface area contributed by atoms with Gasteiger partial charge < -0.3 is 20.4 Å². The van der Waals surface area contributed by atoms with E-state index in [-0.39, 0.29) is 39.1 Å². The Labute approximate surface area is 311 Å². The molecule has 6 rings (SSSR count). The Morgan fingerprint density at radius 2 is 1.17 bits per heavy atom. The highest BCUT2D eigenvalue weighted by molar-refractivity contribution is 6.31. The Bertz CT molecular complexity index is 2450. The summed E-state index contributed by atoms with van der Waals surface area (Å²) in [6.07, 6.45) is 0.716. The molecule has 2 heterocycles. The quantitative estimate of drug-likeness (QED) is 0.120. The Morgan fingerprint density at radius 1 is 0.698 bits per heavy atom. The van der Waals surface area contributed by atoms with Gasteiger partial charge in [-0.25, -0.2) is 8.78 Å². The van der Waals surface area contributed by atoms with Crippen LogP contribution in [0.2, 0.25) is 10.0 Å². The van der Waals surface area contributed by atoms with Crippen LogP contribution in [0.25, 0.3) is 21.8 Å². The highest BCUT2D eigenvalue weighted by Crippen LogP contribution is 2.37. The molecular weight excluding hydrogens is 733 g/mol. The molecule has 0 saturated heterocycles. The molecule has 0 aliphatic heterocycles. The molecule has 274 valence electrons. The van der Waals surface area contributed by atoms with Crippen LogP contribution in [-0.2, 0) is 16.0 Å². The second-order valence-electron chi connectivity index (χ2n) is 12.3. The molecule has 0 radical (unpaired) electrons. The van der Waals surface area contributed by atoms with Gasteiger partial charge in [0.25, 0.3) is 11.8 Å². The summed E-state index contributed by atoms with van der Waals surface area (Å²) in [6, 6.07) is 16.3. The molecule has 4 aromatic carbocycles. The topological polar surface area (TPSA) is 159 Å². The number of aliphatic carboxylic acids is 2. The van der Waals surface area contributed by atoms with E-state index in [0.29, 0.717) is 57.2 Å². The van der Waals surface area contributed by atoms with Crippen molar-refractivity contribution in [2.75, 3.05) is 0 Å². The molecule has 0 fully saturated rings. The normalized spacial score (nSPS) is 11.7. The standard InChI is InChI=1S/C21H19ClFNO4.C18H13ClFNO4/c1-3-4-14(21(27)28)19-11(2)24(18-8-6-13(25)10-15(18)19)20(26)12-5-7-16(22)17(23)9-12;1-9-12(8-17(23)24)13-7-11(22)3-5-16(13)21(9)18(25)10-2-4-14(19)15(20)6-10/h5-10,14,25H,3-4H2,1-2H3,(H,27,28);2-7,22H,8H2,1H3,(H,23,24). The highest BCUT2D eigenvalue weighted by atomic mass is 35.5. The maximum absolute atomic E-state index is 13.9. The molecule has 4 N–H and O–H groups in total. The largest absolute Gasteiger partial charge is 0.508 e. The molecule has 0 amide bonds. The first kappa shape index (κ1) is 38.5. The fourth-order valence-electron chi connectivity index (χ4n) is 6.44. The summed E-state index contributed by atoms with van der Waals surface area (Å²) in [5, 5.41) is 39.2. The van der Waals surface area contributed by atoms with Crippen molar-refractivity contribution in [3.63, 3.8) is 0 Å². The lowest BCUT2D eigenvalue weighted by Crippen LogP contribution is -2.16. The van der Waals surface area contributed by atoms with Crippen molar-refractivity contribution in [3.8, 4) is 11.5 Å². The van der Waals surface area contributed by atoms with Crippen molar-refractivity contribution < 1.29 is 48.4 Å². The van der Waals surface area contributed by atoms with Crippen LogP contribution in [0.4, 0.5) is 8.78 Å². The first-order chi connectivity index (χ1) is 25.0. The van der Waals surface area contributed by atoms with E-state index in [0.717, 1.165) is 12.1 Å². The molecule has 14 heteroatoms. The minimum absolute atomic E-state index is 0.0310. The van der Waals surface area contributed by atoms with Gasteiger partial charge in [0.2, 0.25) is 0 Å². The summed E-state index contributed by atoms with van der Waals surface area (Å²) in [6.45, 7) is 5.14. The van der Waals surface area contributed by atoms with Gasteiger partial charge in [0.05, 0.1) is 33.4 Å². The molecule has 0 saturated carbocycles. The number of hydrogen-bond acceptors (Lipinski definition) is 6. The monoisotopic (exact) mass is 764 g/mol. The molecule has 10 nitrogen and oxygen atoms in total. The zero-order valence-electron chi connectivity index (χ0n) is 28.5. The first-order valence-electron chi connectivity index (χ1n) is 16.2. The van der Waals surface area contributed by atoms with Gasteiger partial charge in [-0.05, 0) is 104 Å². The van der Waals surface area contributed by atoms with Gasteiger partial charge in [0.1, 0.15) is 23.1 Å². The maximum atomic E-state index is 13.9. The average Bonchev–Trinajstić information content (AvgIpc) is 3.53. The lowest BCUT2D eigenvalue weighted by molar-refractivity contribution is -0.139. The van der Waals surface area contributed by atoms with Gasteiger partial charge in [-0.15, -0.1) is 0 Å². The number of carboxylic acids is 2. The van der Waals surface area contributed by atoms with Crippen molar-refractivity contribution in [3.05, 3.63) is 128 Å². The number of carbonyl (C=O) groups is 4. The van der Waals surface area contributed by atoms with Crippen LogP contribution in [0.5, 0.6) is 11.5 Å². The number of halogens is 4. The van der Waals surface area contributed by atoms with Gasteiger partial charge in [0.15, 0.2) is 0 Å². The molecule has 2 aromatic heterocycles. The SMILES string of the molecule is CCCC(C(=O)O)c1c(C)n(C(=O)c2ccc(Cl)c(F)c2)c2ccc(O)cc12.Cc1c(CC(=O)O)c2cc(O)ccc2n1C(=O)c1ccc(Cl)c(F)c1. The number of nitrogens with zero attached hydrogens (tertiary/aromatic N) is 2. The fraction of sp³-hybridized carbons (Fsp3) is 0.179. The van der Waals surface area contributed by atoms with Crippen molar-refractivity contribution in [2.24, 2.45) is 0 Å². The zero-order valence-corrected chi connectivity index (χ0v) is 30.0. The fourth-order valence-corrected chi connectivity index (χ4v) is 6.67. The smallest absolute Gasteiger partial charge is 0.311 e. The van der Waals surface area contributed by atoms with Gasteiger partial charge in [-0.3, -0.25) is 28.3 Å². The van der Waals surface area contributed by atoms with E-state index < -0.39 is 41.3 Å². The highest BCUT2D eigenvalue weighted by Gasteiger charge is 2.29. The number of rotatable bonds is 8. The Hall–Kier alpha value is -5.72. The van der Waals surface area contributed by atoms with E-state index in [1.165, 1.54) is 63.7 Å². The zero-order chi connectivity index (χ0) is 38.9. The Balaban J connectivity index is 0.000000206. The molecule has 0 aliphatic carbocycles. The van der Waals surface area contributed by atoms with E-state index >= 15 is 0 Å². The summed E-state index contributed by atoms with van der Waals surface area (Å²) in [7, 11) is 0. The number of hydrogen-bond donors (Lipinski definition) is 4. The van der Waals surface area contributed by atoms with Gasteiger partial charge in [0, 0.05) is 33.3 Å². The lowest BCUT2D eigenvalue weighted by Gasteiger charge is -2.13. The van der Waals surface area contributed by atoms with Crippen molar-refractivity contribution >= 4 is 68.8 Å². The summed E-state index contributed by atoms with van der Waals surface area (Å²) >= 11 is 11.4. The Morgan fingerprint density at radius 3 is 1.62 bits per heavy atom. The molecule has 53 heavy (non-hydrogen) atoms. The molecule has 1 atom stereocenters. The van der Waals surface area contributed by atoms with E-state index in [9.17, 15) is 43.3 Å². The third kappa shape index (κ3) is 7.60. The van der Waals surface area contributed by atoms with Crippen molar-refractivity contribution in [1.82, 2.24) is 9.13 Å². The summed E-state index contributed by atoms with van der Waals surface area (Å²) < 4.78 is 30.2. The number of carboxylic acid groups (broad SMARTS) is 2. The van der Waals surface area contributed by atoms with E-state index in [1.807, 2.05) is 6.92 Å². The van der Waals surface area contributed by atoms with E-state index in [4.69, 9.17) is 28.3 Å². The van der Waals surface area contributed by atoms with Gasteiger partial charge in [-0.2, -0.15) is 0 Å².